The van der Waals surface area contributed by atoms with Crippen molar-refractivity contribution in [2.75, 3.05) is 13.7 Å². The van der Waals surface area contributed by atoms with Crippen molar-refractivity contribution in [3.8, 4) is 5.75 Å². The Kier molecular flexibility index (Phi) is 4.69. The van der Waals surface area contributed by atoms with Gasteiger partial charge in [-0.2, -0.15) is 0 Å². The zero-order valence-electron chi connectivity index (χ0n) is 9.87. The van der Waals surface area contributed by atoms with E-state index < -0.39 is 11.8 Å². The number of esters is 1. The molecular formula is C12H13BrO4. The van der Waals surface area contributed by atoms with Crippen LogP contribution < -0.4 is 4.74 Å². The normalized spacial score (nSPS) is 9.88. The lowest BCUT2D eigenvalue weighted by atomic mass is 10.0. The predicted molar refractivity (Wildman–Crippen MR) is 66.4 cm³/mol. The summed E-state index contributed by atoms with van der Waals surface area (Å²) in [7, 11) is 1.50. The highest BCUT2D eigenvalue weighted by Gasteiger charge is 2.21. The molecule has 0 aliphatic rings. The Hall–Kier alpha value is -1.36. The molecule has 92 valence electrons. The number of ether oxygens (including phenoxy) is 2. The van der Waals surface area contributed by atoms with Crippen LogP contribution in [-0.2, 0) is 9.53 Å². The fourth-order valence-electron chi connectivity index (χ4n) is 1.31. The molecule has 0 radical (unpaired) electrons. The van der Waals surface area contributed by atoms with E-state index in [0.717, 1.165) is 0 Å². The van der Waals surface area contributed by atoms with E-state index in [4.69, 9.17) is 4.74 Å². The van der Waals surface area contributed by atoms with Gasteiger partial charge in [0.05, 0.1) is 13.7 Å². The first-order valence-corrected chi connectivity index (χ1v) is 5.86. The summed E-state index contributed by atoms with van der Waals surface area (Å²) >= 11 is 3.31. The third-order valence-electron chi connectivity index (χ3n) is 2.26. The molecule has 0 amide bonds. The molecular weight excluding hydrogens is 288 g/mol. The summed E-state index contributed by atoms with van der Waals surface area (Å²) in [5.74, 6) is -1.00. The Labute approximate surface area is 108 Å². The molecule has 0 spiro atoms. The van der Waals surface area contributed by atoms with Gasteiger partial charge < -0.3 is 9.47 Å². The van der Waals surface area contributed by atoms with Gasteiger partial charge in [0.1, 0.15) is 5.75 Å². The van der Waals surface area contributed by atoms with Gasteiger partial charge in [-0.3, -0.25) is 4.79 Å². The van der Waals surface area contributed by atoms with Crippen molar-refractivity contribution in [2.24, 2.45) is 0 Å². The van der Waals surface area contributed by atoms with Crippen molar-refractivity contribution in [3.63, 3.8) is 0 Å². The van der Waals surface area contributed by atoms with Gasteiger partial charge in [0.2, 0.25) is 0 Å². The Bertz CT molecular complexity index is 454. The SMILES string of the molecule is CCOC(=O)C(=O)c1cc(OC)cc(Br)c1C. The van der Waals surface area contributed by atoms with E-state index in [2.05, 4.69) is 20.7 Å². The number of hydrogen-bond acceptors (Lipinski definition) is 4. The van der Waals surface area contributed by atoms with E-state index in [0.29, 0.717) is 15.8 Å². The standard InChI is InChI=1S/C12H13BrO4/c1-4-17-12(15)11(14)9-5-8(16-3)6-10(13)7(9)2/h5-6H,4H2,1-3H3. The summed E-state index contributed by atoms with van der Waals surface area (Å²) in [6.45, 7) is 3.57. The van der Waals surface area contributed by atoms with Crippen molar-refractivity contribution in [3.05, 3.63) is 27.7 Å². The third-order valence-corrected chi connectivity index (χ3v) is 3.08. The quantitative estimate of drug-likeness (QED) is 0.487. The minimum atomic E-state index is -0.851. The molecule has 0 heterocycles. The van der Waals surface area contributed by atoms with Gasteiger partial charge in [0, 0.05) is 10.0 Å². The van der Waals surface area contributed by atoms with E-state index in [-0.39, 0.29) is 12.2 Å². The fourth-order valence-corrected chi connectivity index (χ4v) is 1.75. The van der Waals surface area contributed by atoms with Crippen LogP contribution >= 0.6 is 15.9 Å². The van der Waals surface area contributed by atoms with Crippen molar-refractivity contribution >= 4 is 27.7 Å². The molecule has 17 heavy (non-hydrogen) atoms. The summed E-state index contributed by atoms with van der Waals surface area (Å²) in [6, 6.07) is 3.26. The molecule has 1 aromatic carbocycles. The van der Waals surface area contributed by atoms with Crippen molar-refractivity contribution in [1.82, 2.24) is 0 Å². The van der Waals surface area contributed by atoms with E-state index >= 15 is 0 Å². The fraction of sp³-hybridized carbons (Fsp3) is 0.333. The number of methoxy groups -OCH3 is 1. The molecule has 1 aromatic rings. The van der Waals surface area contributed by atoms with Gasteiger partial charge in [0.25, 0.3) is 5.78 Å². The van der Waals surface area contributed by atoms with Crippen molar-refractivity contribution in [2.45, 2.75) is 13.8 Å². The first kappa shape index (κ1) is 13.7. The second kappa shape index (κ2) is 5.82. The third kappa shape index (κ3) is 3.06. The van der Waals surface area contributed by atoms with Crippen molar-refractivity contribution in [1.29, 1.82) is 0 Å². The molecule has 0 fully saturated rings. The number of ketones is 1. The number of hydrogen-bond donors (Lipinski definition) is 0. The summed E-state index contributed by atoms with van der Waals surface area (Å²) in [6.07, 6.45) is 0. The molecule has 0 unspecified atom stereocenters. The molecule has 1 rings (SSSR count). The molecule has 0 aliphatic carbocycles. The van der Waals surface area contributed by atoms with Gasteiger partial charge in [-0.15, -0.1) is 0 Å². The maximum absolute atomic E-state index is 11.8. The number of Topliss-reactive ketones (excluding diaryl/α,β-unsaturated/α-hetero) is 1. The smallest absolute Gasteiger partial charge is 0.379 e. The molecule has 0 N–H and O–H groups in total. The average Bonchev–Trinajstić information content (AvgIpc) is 2.31. The lowest BCUT2D eigenvalue weighted by Crippen LogP contribution is -2.18. The maximum atomic E-state index is 11.8. The molecule has 4 nitrogen and oxygen atoms in total. The number of halogens is 1. The number of rotatable bonds is 4. The van der Waals surface area contributed by atoms with E-state index in [1.54, 1.807) is 19.9 Å². The van der Waals surface area contributed by atoms with Gasteiger partial charge >= 0.3 is 5.97 Å². The predicted octanol–water partition coefficient (Wildman–Crippen LogP) is 2.51. The Morgan fingerprint density at radius 1 is 1.35 bits per heavy atom. The average molecular weight is 301 g/mol. The van der Waals surface area contributed by atoms with Crippen molar-refractivity contribution < 1.29 is 19.1 Å². The van der Waals surface area contributed by atoms with Crippen LogP contribution in [0.15, 0.2) is 16.6 Å². The summed E-state index contributed by atoms with van der Waals surface area (Å²) in [5, 5.41) is 0. The topological polar surface area (TPSA) is 52.6 Å². The van der Waals surface area contributed by atoms with Gasteiger partial charge in [-0.05, 0) is 31.5 Å². The van der Waals surface area contributed by atoms with Crippen LogP contribution in [0, 0.1) is 6.92 Å². The summed E-state index contributed by atoms with van der Waals surface area (Å²) in [5.41, 5.74) is 0.971. The summed E-state index contributed by atoms with van der Waals surface area (Å²) < 4.78 is 10.4. The van der Waals surface area contributed by atoms with Crippen LogP contribution in [0.25, 0.3) is 0 Å². The molecule has 0 bridgehead atoms. The van der Waals surface area contributed by atoms with Crippen LogP contribution in [0.2, 0.25) is 0 Å². The molecule has 0 saturated heterocycles. The molecule has 0 atom stereocenters. The lowest BCUT2D eigenvalue weighted by molar-refractivity contribution is -0.137. The largest absolute Gasteiger partial charge is 0.497 e. The highest BCUT2D eigenvalue weighted by atomic mass is 79.9. The minimum Gasteiger partial charge on any atom is -0.497 e. The number of carbonyl (C=O) groups excluding carboxylic acids is 2. The summed E-state index contributed by atoms with van der Waals surface area (Å²) in [4.78, 5) is 23.2. The highest BCUT2D eigenvalue weighted by Crippen LogP contribution is 2.26. The lowest BCUT2D eigenvalue weighted by Gasteiger charge is -2.09. The minimum absolute atomic E-state index is 0.175. The molecule has 5 heteroatoms. The Morgan fingerprint density at radius 3 is 2.53 bits per heavy atom. The zero-order chi connectivity index (χ0) is 13.0. The molecule has 0 aliphatic heterocycles. The van der Waals surface area contributed by atoms with Gasteiger partial charge in [-0.25, -0.2) is 4.79 Å². The van der Waals surface area contributed by atoms with Gasteiger partial charge in [-0.1, -0.05) is 15.9 Å². The van der Waals surface area contributed by atoms with Crippen LogP contribution in [0.3, 0.4) is 0 Å². The monoisotopic (exact) mass is 300 g/mol. The number of carbonyl (C=O) groups is 2. The highest BCUT2D eigenvalue weighted by molar-refractivity contribution is 9.10. The maximum Gasteiger partial charge on any atom is 0.379 e. The van der Waals surface area contributed by atoms with Gasteiger partial charge in [0.15, 0.2) is 0 Å². The number of benzene rings is 1. The van der Waals surface area contributed by atoms with E-state index in [9.17, 15) is 9.59 Å². The second-order valence-corrected chi connectivity index (χ2v) is 4.19. The second-order valence-electron chi connectivity index (χ2n) is 3.33. The Morgan fingerprint density at radius 2 is 2.00 bits per heavy atom. The molecule has 0 saturated carbocycles. The zero-order valence-corrected chi connectivity index (χ0v) is 11.5. The van der Waals surface area contributed by atoms with Crippen LogP contribution in [0.4, 0.5) is 0 Å². The Balaban J connectivity index is 3.16. The van der Waals surface area contributed by atoms with E-state index in [1.165, 1.54) is 13.2 Å². The first-order valence-electron chi connectivity index (χ1n) is 5.06. The van der Waals surface area contributed by atoms with Crippen LogP contribution in [0.5, 0.6) is 5.75 Å². The molecule has 0 aromatic heterocycles. The van der Waals surface area contributed by atoms with E-state index in [1.807, 2.05) is 0 Å². The first-order chi connectivity index (χ1) is 8.01. The van der Waals surface area contributed by atoms with Crippen LogP contribution in [-0.4, -0.2) is 25.5 Å². The van der Waals surface area contributed by atoms with Crippen LogP contribution in [0.1, 0.15) is 22.8 Å².